The third-order valence-electron chi connectivity index (χ3n) is 2.53. The van der Waals surface area contributed by atoms with E-state index < -0.39 is 11.2 Å². The topological polar surface area (TPSA) is 63.3 Å². The zero-order valence-electron chi connectivity index (χ0n) is 10.3. The molecule has 3 N–H and O–H groups in total. The third kappa shape index (κ3) is 4.30. The minimum absolute atomic E-state index is 0.403. The van der Waals surface area contributed by atoms with Crippen LogP contribution in [0.25, 0.3) is 0 Å². The number of anilines is 1. The first-order valence-corrected chi connectivity index (χ1v) is 6.68. The van der Waals surface area contributed by atoms with Gasteiger partial charge in [-0.25, -0.2) is 0 Å². The van der Waals surface area contributed by atoms with Gasteiger partial charge in [-0.2, -0.15) is 0 Å². The highest BCUT2D eigenvalue weighted by Crippen LogP contribution is 2.31. The molecule has 0 aromatic heterocycles. The first-order valence-electron chi connectivity index (χ1n) is 5.80. The molecule has 0 bridgehead atoms. The smallest absolute Gasteiger partial charge is 0.316 e. The van der Waals surface area contributed by atoms with Gasteiger partial charge in [0.1, 0.15) is 5.25 Å². The molecule has 0 amide bonds. The van der Waals surface area contributed by atoms with E-state index in [2.05, 4.69) is 6.92 Å². The molecule has 1 rings (SSSR count). The van der Waals surface area contributed by atoms with E-state index in [0.29, 0.717) is 12.1 Å². The number of hydrogen-bond donors (Lipinski definition) is 2. The fraction of sp³-hybridized carbons (Fsp3) is 0.462. The monoisotopic (exact) mass is 253 g/mol. The van der Waals surface area contributed by atoms with Crippen LogP contribution in [0.5, 0.6) is 0 Å². The predicted octanol–water partition coefficient (Wildman–Crippen LogP) is 3.31. The quantitative estimate of drug-likeness (QED) is 0.603. The van der Waals surface area contributed by atoms with Crippen molar-refractivity contribution in [3.63, 3.8) is 0 Å². The van der Waals surface area contributed by atoms with Crippen LogP contribution in [0.2, 0.25) is 0 Å². The van der Waals surface area contributed by atoms with Crippen LogP contribution >= 0.6 is 11.8 Å². The Balaban J connectivity index is 2.75. The summed E-state index contributed by atoms with van der Waals surface area (Å²) < 4.78 is 0. The van der Waals surface area contributed by atoms with Crippen LogP contribution in [0.3, 0.4) is 0 Å². The number of carboxylic acid groups (broad SMARTS) is 1. The standard InChI is InChI=1S/C13H19NO2S/c1-3-4-5-12(13(15)16)17-11-7-6-9(2)8-10(11)14/h6-8,12H,3-5,14H2,1-2H3,(H,15,16). The van der Waals surface area contributed by atoms with Gasteiger partial charge in [0.05, 0.1) is 0 Å². The number of aryl methyl sites for hydroxylation is 1. The molecule has 1 unspecified atom stereocenters. The zero-order chi connectivity index (χ0) is 12.8. The van der Waals surface area contributed by atoms with Crippen LogP contribution in [-0.2, 0) is 4.79 Å². The number of unbranched alkanes of at least 4 members (excludes halogenated alkanes) is 1. The van der Waals surface area contributed by atoms with E-state index in [0.717, 1.165) is 23.3 Å². The van der Waals surface area contributed by atoms with Gasteiger partial charge < -0.3 is 10.8 Å². The lowest BCUT2D eigenvalue weighted by Crippen LogP contribution is -2.16. The first kappa shape index (κ1) is 13.9. The summed E-state index contributed by atoms with van der Waals surface area (Å²) in [5, 5.41) is 8.74. The second-order valence-electron chi connectivity index (χ2n) is 4.13. The van der Waals surface area contributed by atoms with Crippen molar-refractivity contribution >= 4 is 23.4 Å². The van der Waals surface area contributed by atoms with Gasteiger partial charge in [-0.3, -0.25) is 4.79 Å². The van der Waals surface area contributed by atoms with Crippen molar-refractivity contribution in [2.45, 2.75) is 43.3 Å². The minimum atomic E-state index is -0.761. The highest BCUT2D eigenvalue weighted by atomic mass is 32.2. The first-order chi connectivity index (χ1) is 8.04. The lowest BCUT2D eigenvalue weighted by Gasteiger charge is -2.13. The molecule has 0 aliphatic rings. The summed E-state index contributed by atoms with van der Waals surface area (Å²) in [6.45, 7) is 4.03. The lowest BCUT2D eigenvalue weighted by molar-refractivity contribution is -0.136. The van der Waals surface area contributed by atoms with Crippen molar-refractivity contribution < 1.29 is 9.90 Å². The summed E-state index contributed by atoms with van der Waals surface area (Å²) in [4.78, 5) is 12.0. The molecule has 0 saturated carbocycles. The number of nitrogen functional groups attached to an aromatic ring is 1. The summed E-state index contributed by atoms with van der Waals surface area (Å²) >= 11 is 1.35. The maximum absolute atomic E-state index is 11.1. The van der Waals surface area contributed by atoms with Gasteiger partial charge in [-0.05, 0) is 31.0 Å². The molecule has 0 saturated heterocycles. The zero-order valence-corrected chi connectivity index (χ0v) is 11.1. The molecule has 17 heavy (non-hydrogen) atoms. The fourth-order valence-corrected chi connectivity index (χ4v) is 2.58. The van der Waals surface area contributed by atoms with Crippen molar-refractivity contribution in [3.05, 3.63) is 23.8 Å². The van der Waals surface area contributed by atoms with E-state index in [1.807, 2.05) is 25.1 Å². The van der Waals surface area contributed by atoms with Gasteiger partial charge in [-0.15, -0.1) is 11.8 Å². The maximum atomic E-state index is 11.1. The van der Waals surface area contributed by atoms with Gasteiger partial charge in [0.2, 0.25) is 0 Å². The summed E-state index contributed by atoms with van der Waals surface area (Å²) in [7, 11) is 0. The average molecular weight is 253 g/mol. The van der Waals surface area contributed by atoms with Crippen LogP contribution in [0.15, 0.2) is 23.1 Å². The SMILES string of the molecule is CCCCC(Sc1ccc(C)cc1N)C(=O)O. The van der Waals surface area contributed by atoms with Crippen molar-refractivity contribution in [2.24, 2.45) is 0 Å². The molecule has 0 aliphatic carbocycles. The second kappa shape index (κ2) is 6.55. The number of carbonyl (C=O) groups is 1. The molecule has 3 nitrogen and oxygen atoms in total. The van der Waals surface area contributed by atoms with Gasteiger partial charge in [0, 0.05) is 10.6 Å². The van der Waals surface area contributed by atoms with Gasteiger partial charge >= 0.3 is 5.97 Å². The Bertz CT molecular complexity index is 393. The molecule has 1 atom stereocenters. The van der Waals surface area contributed by atoms with Crippen molar-refractivity contribution in [1.29, 1.82) is 0 Å². The molecule has 0 aliphatic heterocycles. The number of aliphatic carboxylic acids is 1. The number of thioether (sulfide) groups is 1. The molecular formula is C13H19NO2S. The summed E-state index contributed by atoms with van der Waals surface area (Å²) in [6.07, 6.45) is 2.62. The van der Waals surface area contributed by atoms with Crippen molar-refractivity contribution in [2.75, 3.05) is 5.73 Å². The molecular weight excluding hydrogens is 234 g/mol. The Morgan fingerprint density at radius 1 is 1.53 bits per heavy atom. The fourth-order valence-electron chi connectivity index (χ4n) is 1.55. The van der Waals surface area contributed by atoms with Gasteiger partial charge in [0.25, 0.3) is 0 Å². The predicted molar refractivity (Wildman–Crippen MR) is 72.4 cm³/mol. The molecule has 0 spiro atoms. The van der Waals surface area contributed by atoms with Crippen LogP contribution in [-0.4, -0.2) is 16.3 Å². The molecule has 4 heteroatoms. The lowest BCUT2D eigenvalue weighted by atomic mass is 10.2. The van der Waals surface area contributed by atoms with Crippen LogP contribution in [0.1, 0.15) is 31.7 Å². The number of benzene rings is 1. The summed E-state index contributed by atoms with van der Waals surface area (Å²) in [5.74, 6) is -0.761. The number of rotatable bonds is 6. The van der Waals surface area contributed by atoms with E-state index in [-0.39, 0.29) is 0 Å². The molecule has 0 heterocycles. The molecule has 1 aromatic carbocycles. The minimum Gasteiger partial charge on any atom is -0.480 e. The van der Waals surface area contributed by atoms with Gasteiger partial charge in [0.15, 0.2) is 0 Å². The largest absolute Gasteiger partial charge is 0.480 e. The van der Waals surface area contributed by atoms with Crippen molar-refractivity contribution in [3.8, 4) is 0 Å². The molecule has 94 valence electrons. The van der Waals surface area contributed by atoms with E-state index in [1.54, 1.807) is 0 Å². The third-order valence-corrected chi connectivity index (χ3v) is 3.88. The van der Waals surface area contributed by atoms with E-state index in [1.165, 1.54) is 11.8 Å². The molecule has 0 fully saturated rings. The number of hydrogen-bond acceptors (Lipinski definition) is 3. The normalized spacial score (nSPS) is 12.4. The highest BCUT2D eigenvalue weighted by Gasteiger charge is 2.19. The van der Waals surface area contributed by atoms with Gasteiger partial charge in [-0.1, -0.05) is 25.8 Å². The summed E-state index contributed by atoms with van der Waals surface area (Å²) in [5.41, 5.74) is 7.64. The second-order valence-corrected chi connectivity index (χ2v) is 5.37. The van der Waals surface area contributed by atoms with Crippen molar-refractivity contribution in [1.82, 2.24) is 0 Å². The Morgan fingerprint density at radius 2 is 2.24 bits per heavy atom. The summed E-state index contributed by atoms with van der Waals surface area (Å²) in [6, 6.07) is 5.73. The molecule has 0 radical (unpaired) electrons. The number of nitrogens with two attached hydrogens (primary N) is 1. The van der Waals surface area contributed by atoms with E-state index in [9.17, 15) is 4.79 Å². The van der Waals surface area contributed by atoms with Crippen LogP contribution in [0.4, 0.5) is 5.69 Å². The Hall–Kier alpha value is -1.16. The van der Waals surface area contributed by atoms with E-state index in [4.69, 9.17) is 10.8 Å². The van der Waals surface area contributed by atoms with Crippen LogP contribution < -0.4 is 5.73 Å². The highest BCUT2D eigenvalue weighted by molar-refractivity contribution is 8.00. The van der Waals surface area contributed by atoms with Crippen LogP contribution in [0, 0.1) is 6.92 Å². The Morgan fingerprint density at radius 3 is 2.76 bits per heavy atom. The average Bonchev–Trinajstić information content (AvgIpc) is 2.26. The maximum Gasteiger partial charge on any atom is 0.316 e. The van der Waals surface area contributed by atoms with E-state index >= 15 is 0 Å². The number of carboxylic acids is 1. The molecule has 1 aromatic rings. The Kier molecular flexibility index (Phi) is 5.35. The Labute approximate surface area is 106 Å².